The van der Waals surface area contributed by atoms with E-state index in [0.29, 0.717) is 12.6 Å². The van der Waals surface area contributed by atoms with Gasteiger partial charge in [0.25, 0.3) is 5.91 Å². The Bertz CT molecular complexity index is 873. The number of aromatic nitrogens is 1. The van der Waals surface area contributed by atoms with Crippen molar-refractivity contribution in [1.29, 1.82) is 0 Å². The van der Waals surface area contributed by atoms with Crippen molar-refractivity contribution in [2.24, 2.45) is 0 Å². The van der Waals surface area contributed by atoms with Crippen LogP contribution < -0.4 is 5.32 Å². The Kier molecular flexibility index (Phi) is 4.76. The minimum Gasteiger partial charge on any atom is -0.352 e. The van der Waals surface area contributed by atoms with E-state index in [4.69, 9.17) is 0 Å². The van der Waals surface area contributed by atoms with E-state index in [-0.39, 0.29) is 5.91 Å². The van der Waals surface area contributed by atoms with Gasteiger partial charge in [0.2, 0.25) is 0 Å². The molecule has 3 nitrogen and oxygen atoms in total. The van der Waals surface area contributed by atoms with Gasteiger partial charge in [0.1, 0.15) is 0 Å². The van der Waals surface area contributed by atoms with Crippen molar-refractivity contribution in [3.8, 4) is 0 Å². The van der Waals surface area contributed by atoms with Gasteiger partial charge in [-0.1, -0.05) is 18.2 Å². The van der Waals surface area contributed by atoms with Crippen molar-refractivity contribution in [2.45, 2.75) is 40.2 Å². The van der Waals surface area contributed by atoms with Crippen molar-refractivity contribution >= 4 is 27.3 Å². The van der Waals surface area contributed by atoms with E-state index in [1.807, 2.05) is 13.0 Å². The number of carbonyl (C=O) groups excluding carboxylic acids is 1. The number of nitrogens with one attached hydrogen (secondary N) is 1. The van der Waals surface area contributed by atoms with Gasteiger partial charge in [0.15, 0.2) is 0 Å². The lowest BCUT2D eigenvalue weighted by Crippen LogP contribution is -2.26. The Balaban J connectivity index is 1.67. The number of benzene rings is 1. The maximum Gasteiger partial charge on any atom is 0.253 e. The first kappa shape index (κ1) is 16.8. The molecule has 0 fully saturated rings. The topological polar surface area (TPSA) is 34.0 Å². The SMILES string of the molecule is Cc1cc(C(=O)NCCc2csc3ccccc23)c(C)n1C(C)C. The maximum atomic E-state index is 12.5. The van der Waals surface area contributed by atoms with Crippen LogP contribution in [-0.4, -0.2) is 17.0 Å². The van der Waals surface area contributed by atoms with Crippen LogP contribution in [0.5, 0.6) is 0 Å². The van der Waals surface area contributed by atoms with Crippen molar-refractivity contribution in [1.82, 2.24) is 9.88 Å². The standard InChI is InChI=1S/C20H24N2OS/c1-13(2)22-14(3)11-18(15(22)4)20(23)21-10-9-16-12-24-19-8-6-5-7-17(16)19/h5-8,11-13H,9-10H2,1-4H3,(H,21,23). The van der Waals surface area contributed by atoms with Gasteiger partial charge in [0.05, 0.1) is 5.56 Å². The van der Waals surface area contributed by atoms with E-state index < -0.39 is 0 Å². The molecule has 3 rings (SSSR count). The molecule has 0 saturated heterocycles. The van der Waals surface area contributed by atoms with Gasteiger partial charge in [0, 0.05) is 28.7 Å². The number of rotatable bonds is 5. The molecule has 0 unspecified atom stereocenters. The molecule has 1 aromatic carbocycles. The third-order valence-corrected chi connectivity index (χ3v) is 5.50. The molecule has 0 aliphatic rings. The lowest BCUT2D eigenvalue weighted by Gasteiger charge is -2.13. The summed E-state index contributed by atoms with van der Waals surface area (Å²) in [7, 11) is 0. The Morgan fingerprint density at radius 2 is 2.00 bits per heavy atom. The molecule has 24 heavy (non-hydrogen) atoms. The second-order valence-electron chi connectivity index (χ2n) is 6.51. The van der Waals surface area contributed by atoms with Crippen molar-refractivity contribution in [3.63, 3.8) is 0 Å². The van der Waals surface area contributed by atoms with E-state index in [0.717, 1.165) is 23.4 Å². The molecule has 1 amide bonds. The fraction of sp³-hybridized carbons (Fsp3) is 0.350. The lowest BCUT2D eigenvalue weighted by atomic mass is 10.1. The Hall–Kier alpha value is -2.07. The minimum atomic E-state index is 0.0227. The lowest BCUT2D eigenvalue weighted by molar-refractivity contribution is 0.0953. The van der Waals surface area contributed by atoms with E-state index in [2.05, 4.69) is 60.3 Å². The van der Waals surface area contributed by atoms with Crippen molar-refractivity contribution in [2.75, 3.05) is 6.54 Å². The predicted molar refractivity (Wildman–Crippen MR) is 102 cm³/mol. The largest absolute Gasteiger partial charge is 0.352 e. The molecule has 2 heterocycles. The first-order chi connectivity index (χ1) is 11.5. The smallest absolute Gasteiger partial charge is 0.253 e. The van der Waals surface area contributed by atoms with Gasteiger partial charge in [-0.3, -0.25) is 4.79 Å². The van der Waals surface area contributed by atoms with Crippen LogP contribution in [0.2, 0.25) is 0 Å². The molecular formula is C20H24N2OS. The molecule has 0 aliphatic carbocycles. The average Bonchev–Trinajstić information content (AvgIpc) is 3.08. The zero-order valence-electron chi connectivity index (χ0n) is 14.7. The zero-order valence-corrected chi connectivity index (χ0v) is 15.5. The van der Waals surface area contributed by atoms with Gasteiger partial charge < -0.3 is 9.88 Å². The Morgan fingerprint density at radius 3 is 2.71 bits per heavy atom. The summed E-state index contributed by atoms with van der Waals surface area (Å²) in [6.07, 6.45) is 0.860. The van der Waals surface area contributed by atoms with Crippen LogP contribution in [0.1, 0.15) is 47.2 Å². The van der Waals surface area contributed by atoms with Gasteiger partial charge >= 0.3 is 0 Å². The molecule has 0 saturated carbocycles. The molecule has 0 atom stereocenters. The summed E-state index contributed by atoms with van der Waals surface area (Å²) in [6.45, 7) is 9.02. The summed E-state index contributed by atoms with van der Waals surface area (Å²) in [5, 5.41) is 6.57. The van der Waals surface area contributed by atoms with Crippen LogP contribution in [-0.2, 0) is 6.42 Å². The highest BCUT2D eigenvalue weighted by atomic mass is 32.1. The summed E-state index contributed by atoms with van der Waals surface area (Å²) >= 11 is 1.76. The number of hydrogen-bond donors (Lipinski definition) is 1. The van der Waals surface area contributed by atoms with Gasteiger partial charge in [-0.25, -0.2) is 0 Å². The molecule has 4 heteroatoms. The fourth-order valence-corrected chi connectivity index (χ4v) is 4.43. The summed E-state index contributed by atoms with van der Waals surface area (Å²) in [4.78, 5) is 12.5. The van der Waals surface area contributed by atoms with E-state index >= 15 is 0 Å². The van der Waals surface area contributed by atoms with Crippen molar-refractivity contribution in [3.05, 3.63) is 58.2 Å². The quantitative estimate of drug-likeness (QED) is 0.706. The molecule has 0 spiro atoms. The van der Waals surface area contributed by atoms with Crippen molar-refractivity contribution < 1.29 is 4.79 Å². The number of thiophene rings is 1. The van der Waals surface area contributed by atoms with Crippen LogP contribution in [0, 0.1) is 13.8 Å². The number of fused-ring (bicyclic) bond motifs is 1. The third-order valence-electron chi connectivity index (χ3n) is 4.49. The van der Waals surface area contributed by atoms with Gasteiger partial charge in [-0.2, -0.15) is 0 Å². The number of nitrogens with zero attached hydrogens (tertiary/aromatic N) is 1. The molecule has 126 valence electrons. The first-order valence-electron chi connectivity index (χ1n) is 8.40. The molecule has 2 aromatic heterocycles. The Morgan fingerprint density at radius 1 is 1.25 bits per heavy atom. The van der Waals surface area contributed by atoms with E-state index in [1.165, 1.54) is 15.6 Å². The number of amides is 1. The number of carbonyl (C=O) groups is 1. The van der Waals surface area contributed by atoms with Crippen LogP contribution >= 0.6 is 11.3 Å². The predicted octanol–water partition coefficient (Wildman–Crippen LogP) is 4.87. The zero-order chi connectivity index (χ0) is 17.3. The molecule has 0 aliphatic heterocycles. The molecule has 3 aromatic rings. The highest BCUT2D eigenvalue weighted by Gasteiger charge is 2.16. The third kappa shape index (κ3) is 3.11. The van der Waals surface area contributed by atoms with Crippen LogP contribution in [0.4, 0.5) is 0 Å². The monoisotopic (exact) mass is 340 g/mol. The second kappa shape index (κ2) is 6.81. The van der Waals surface area contributed by atoms with Crippen LogP contribution in [0.15, 0.2) is 35.7 Å². The highest BCUT2D eigenvalue weighted by molar-refractivity contribution is 7.17. The number of hydrogen-bond acceptors (Lipinski definition) is 2. The van der Waals surface area contributed by atoms with E-state index in [9.17, 15) is 4.79 Å². The van der Waals surface area contributed by atoms with Gasteiger partial charge in [-0.05, 0) is 62.6 Å². The molecule has 1 N–H and O–H groups in total. The highest BCUT2D eigenvalue weighted by Crippen LogP contribution is 2.25. The van der Waals surface area contributed by atoms with Crippen LogP contribution in [0.25, 0.3) is 10.1 Å². The summed E-state index contributed by atoms with van der Waals surface area (Å²) in [6, 6.07) is 10.8. The minimum absolute atomic E-state index is 0.0227. The molecule has 0 radical (unpaired) electrons. The van der Waals surface area contributed by atoms with Gasteiger partial charge in [-0.15, -0.1) is 11.3 Å². The summed E-state index contributed by atoms with van der Waals surface area (Å²) in [5.41, 5.74) is 4.28. The Labute approximate surface area is 147 Å². The summed E-state index contributed by atoms with van der Waals surface area (Å²) in [5.74, 6) is 0.0227. The van der Waals surface area contributed by atoms with E-state index in [1.54, 1.807) is 11.3 Å². The number of aryl methyl sites for hydroxylation is 1. The maximum absolute atomic E-state index is 12.5. The molecule has 0 bridgehead atoms. The molecular weight excluding hydrogens is 316 g/mol. The normalized spacial score (nSPS) is 11.4. The second-order valence-corrected chi connectivity index (χ2v) is 7.42. The van der Waals surface area contributed by atoms with Crippen LogP contribution in [0.3, 0.4) is 0 Å². The average molecular weight is 340 g/mol. The fourth-order valence-electron chi connectivity index (χ4n) is 3.43. The summed E-state index contributed by atoms with van der Waals surface area (Å²) < 4.78 is 3.51. The first-order valence-corrected chi connectivity index (χ1v) is 9.28.